The summed E-state index contributed by atoms with van der Waals surface area (Å²) in [6.45, 7) is 4.28. The van der Waals surface area contributed by atoms with Crippen molar-refractivity contribution in [3.05, 3.63) is 68.2 Å². The molecule has 0 saturated carbocycles. The number of aromatic nitrogens is 1. The first-order valence-electron chi connectivity index (χ1n) is 12.4. The first-order valence-corrected chi connectivity index (χ1v) is 12.8. The van der Waals surface area contributed by atoms with Gasteiger partial charge in [0.15, 0.2) is 0 Å². The minimum Gasteiger partial charge on any atom is -0.496 e. The van der Waals surface area contributed by atoms with E-state index in [2.05, 4.69) is 0 Å². The molecule has 1 fully saturated rings. The Kier molecular flexibility index (Phi) is 8.08. The Labute approximate surface area is 225 Å². The minimum absolute atomic E-state index is 0.0230. The van der Waals surface area contributed by atoms with Crippen LogP contribution in [0.1, 0.15) is 54.2 Å². The quantitative estimate of drug-likeness (QED) is 0.390. The highest BCUT2D eigenvalue weighted by atomic mass is 35.5. The van der Waals surface area contributed by atoms with Crippen LogP contribution in [0, 0.1) is 17.1 Å². The second kappa shape index (κ2) is 11.1. The smallest absolute Gasteiger partial charge is 0.343 e. The number of halogens is 2. The highest BCUT2D eigenvalue weighted by Gasteiger charge is 2.25. The lowest BCUT2D eigenvalue weighted by atomic mass is 9.98. The van der Waals surface area contributed by atoms with Crippen LogP contribution in [0.2, 0.25) is 5.02 Å². The number of pyridine rings is 1. The van der Waals surface area contributed by atoms with Gasteiger partial charge >= 0.3 is 5.97 Å². The minimum atomic E-state index is -0.790. The maximum absolute atomic E-state index is 15.2. The molecule has 0 aliphatic carbocycles. The standard InChI is InChI=1S/C28H31ClFN3O5/c1-15(2)23(14-34)33-13-20(28(36)38-4)27(35)19-10-16(24(37-3)12-22(19)33)8-17-9-18(11-21(29)26(17)30)32-7-5-6-25(32)31/h9-13,15,23,31,34H,5-8,14H2,1-4H3/t23-/m1/s1. The van der Waals surface area contributed by atoms with Crippen LogP contribution < -0.4 is 15.1 Å². The summed E-state index contributed by atoms with van der Waals surface area (Å²) >= 11 is 6.25. The number of benzene rings is 2. The Morgan fingerprint density at radius 3 is 2.53 bits per heavy atom. The number of hydrogen-bond donors (Lipinski definition) is 2. The van der Waals surface area contributed by atoms with Gasteiger partial charge in [0, 0.05) is 42.7 Å². The van der Waals surface area contributed by atoms with Gasteiger partial charge in [-0.2, -0.15) is 0 Å². The van der Waals surface area contributed by atoms with Crippen LogP contribution in [0.25, 0.3) is 10.9 Å². The zero-order chi connectivity index (χ0) is 27.7. The van der Waals surface area contributed by atoms with Gasteiger partial charge in [-0.1, -0.05) is 25.4 Å². The lowest BCUT2D eigenvalue weighted by Crippen LogP contribution is -2.26. The van der Waals surface area contributed by atoms with Crippen LogP contribution in [-0.2, 0) is 11.2 Å². The van der Waals surface area contributed by atoms with E-state index in [0.717, 1.165) is 6.42 Å². The van der Waals surface area contributed by atoms with Gasteiger partial charge in [0.2, 0.25) is 5.43 Å². The van der Waals surface area contributed by atoms with Crippen molar-refractivity contribution < 1.29 is 23.8 Å². The number of aliphatic hydroxyl groups is 1. The van der Waals surface area contributed by atoms with Gasteiger partial charge in [-0.3, -0.25) is 10.2 Å². The number of anilines is 1. The SMILES string of the molecule is COC(=O)c1cn([C@H](CO)C(C)C)c2cc(OC)c(Cc3cc(N4CCCC4=N)cc(Cl)c3F)cc2c1=O. The van der Waals surface area contributed by atoms with Gasteiger partial charge in [0.1, 0.15) is 23.0 Å². The Morgan fingerprint density at radius 2 is 1.95 bits per heavy atom. The lowest BCUT2D eigenvalue weighted by Gasteiger charge is -2.25. The van der Waals surface area contributed by atoms with E-state index in [9.17, 15) is 14.7 Å². The number of nitrogens with zero attached hydrogens (tertiary/aromatic N) is 2. The van der Waals surface area contributed by atoms with Crippen molar-refractivity contribution in [1.82, 2.24) is 4.57 Å². The number of methoxy groups -OCH3 is 2. The molecule has 1 atom stereocenters. The zero-order valence-corrected chi connectivity index (χ0v) is 22.6. The summed E-state index contributed by atoms with van der Waals surface area (Å²) in [5, 5.41) is 18.5. The lowest BCUT2D eigenvalue weighted by molar-refractivity contribution is 0.0597. The molecule has 2 heterocycles. The van der Waals surface area contributed by atoms with E-state index in [-0.39, 0.29) is 40.5 Å². The topological polar surface area (TPSA) is 105 Å². The van der Waals surface area contributed by atoms with Crippen LogP contribution in [0.5, 0.6) is 5.75 Å². The van der Waals surface area contributed by atoms with Crippen LogP contribution in [0.15, 0.2) is 35.3 Å². The molecule has 1 saturated heterocycles. The number of carbonyl (C=O) groups is 1. The number of fused-ring (bicyclic) bond motifs is 1. The molecule has 3 aromatic rings. The largest absolute Gasteiger partial charge is 0.496 e. The van der Waals surface area contributed by atoms with E-state index in [4.69, 9.17) is 26.5 Å². The average molecular weight is 544 g/mol. The Balaban J connectivity index is 1.92. The monoisotopic (exact) mass is 543 g/mol. The van der Waals surface area contributed by atoms with Crippen LogP contribution in [0.3, 0.4) is 0 Å². The number of carbonyl (C=O) groups excluding carboxylic acids is 1. The van der Waals surface area contributed by atoms with Gasteiger partial charge in [-0.15, -0.1) is 0 Å². The fourth-order valence-corrected chi connectivity index (χ4v) is 5.21. The first kappa shape index (κ1) is 27.6. The fraction of sp³-hybridized carbons (Fsp3) is 0.393. The third-order valence-corrected chi connectivity index (χ3v) is 7.33. The van der Waals surface area contributed by atoms with E-state index in [0.29, 0.717) is 41.3 Å². The molecule has 202 valence electrons. The second-order valence-electron chi connectivity index (χ2n) is 9.73. The van der Waals surface area contributed by atoms with Crippen molar-refractivity contribution in [3.63, 3.8) is 0 Å². The molecular weight excluding hydrogens is 513 g/mol. The van der Waals surface area contributed by atoms with Crippen LogP contribution in [-0.4, -0.2) is 48.8 Å². The highest BCUT2D eigenvalue weighted by Crippen LogP contribution is 2.34. The molecule has 2 aromatic carbocycles. The number of hydrogen-bond acceptors (Lipinski definition) is 6. The molecule has 4 rings (SSSR count). The summed E-state index contributed by atoms with van der Waals surface area (Å²) < 4.78 is 27.4. The number of amidine groups is 1. The zero-order valence-electron chi connectivity index (χ0n) is 21.8. The van der Waals surface area contributed by atoms with Gasteiger partial charge in [0.05, 0.1) is 37.4 Å². The molecule has 1 aliphatic rings. The third-order valence-electron chi connectivity index (χ3n) is 7.06. The summed E-state index contributed by atoms with van der Waals surface area (Å²) in [4.78, 5) is 27.7. The molecular formula is C28H31ClFN3O5. The van der Waals surface area contributed by atoms with Crippen molar-refractivity contribution in [1.29, 1.82) is 5.41 Å². The molecule has 0 bridgehead atoms. The van der Waals surface area contributed by atoms with E-state index >= 15 is 4.39 Å². The fourth-order valence-electron chi connectivity index (χ4n) is 4.98. The van der Waals surface area contributed by atoms with E-state index in [1.807, 2.05) is 13.8 Å². The van der Waals surface area contributed by atoms with Crippen molar-refractivity contribution in [3.8, 4) is 5.75 Å². The average Bonchev–Trinajstić information content (AvgIpc) is 3.33. The predicted molar refractivity (Wildman–Crippen MR) is 146 cm³/mol. The molecule has 1 aromatic heterocycles. The highest BCUT2D eigenvalue weighted by molar-refractivity contribution is 6.31. The van der Waals surface area contributed by atoms with Crippen LogP contribution >= 0.6 is 11.6 Å². The second-order valence-corrected chi connectivity index (χ2v) is 10.1. The van der Waals surface area contributed by atoms with Crippen LogP contribution in [0.4, 0.5) is 10.1 Å². The van der Waals surface area contributed by atoms with E-state index in [1.54, 1.807) is 27.7 Å². The predicted octanol–water partition coefficient (Wildman–Crippen LogP) is 4.95. The summed E-state index contributed by atoms with van der Waals surface area (Å²) in [5.41, 5.74) is 1.19. The molecule has 0 amide bonds. The molecule has 10 heteroatoms. The maximum Gasteiger partial charge on any atom is 0.343 e. The summed E-state index contributed by atoms with van der Waals surface area (Å²) in [6, 6.07) is 6.00. The van der Waals surface area contributed by atoms with E-state index < -0.39 is 23.3 Å². The normalized spacial score (nSPS) is 14.4. The van der Waals surface area contributed by atoms with Crippen molar-refractivity contribution in [2.45, 2.75) is 39.2 Å². The van der Waals surface area contributed by atoms with Crippen molar-refractivity contribution >= 4 is 40.0 Å². The Morgan fingerprint density at radius 1 is 1.21 bits per heavy atom. The van der Waals surface area contributed by atoms with Gasteiger partial charge in [0.25, 0.3) is 0 Å². The molecule has 0 radical (unpaired) electrons. The summed E-state index contributed by atoms with van der Waals surface area (Å²) in [6.07, 6.45) is 2.93. The molecule has 0 unspecified atom stereocenters. The van der Waals surface area contributed by atoms with E-state index in [1.165, 1.54) is 26.5 Å². The maximum atomic E-state index is 15.2. The molecule has 8 nitrogen and oxygen atoms in total. The van der Waals surface area contributed by atoms with Crippen molar-refractivity contribution in [2.75, 3.05) is 32.3 Å². The van der Waals surface area contributed by atoms with Gasteiger partial charge < -0.3 is 24.0 Å². The summed E-state index contributed by atoms with van der Waals surface area (Å²) in [7, 11) is 2.68. The molecule has 38 heavy (non-hydrogen) atoms. The number of esters is 1. The molecule has 1 aliphatic heterocycles. The number of ether oxygens (including phenoxy) is 2. The van der Waals surface area contributed by atoms with Crippen molar-refractivity contribution in [2.24, 2.45) is 5.92 Å². The number of aliphatic hydroxyl groups excluding tert-OH is 1. The third kappa shape index (κ3) is 5.00. The Hall–Kier alpha value is -3.43. The Bertz CT molecular complexity index is 1470. The summed E-state index contributed by atoms with van der Waals surface area (Å²) in [5.74, 6) is -0.551. The number of rotatable bonds is 8. The van der Waals surface area contributed by atoms with Gasteiger partial charge in [-0.25, -0.2) is 9.18 Å². The number of nitrogens with one attached hydrogen (secondary N) is 1. The molecule has 2 N–H and O–H groups in total. The molecule has 0 spiro atoms. The van der Waals surface area contributed by atoms with Gasteiger partial charge in [-0.05, 0) is 41.7 Å². The first-order chi connectivity index (χ1) is 18.1.